The van der Waals surface area contributed by atoms with Gasteiger partial charge in [0.25, 0.3) is 0 Å². The fourth-order valence-corrected chi connectivity index (χ4v) is 9.21. The Morgan fingerprint density at radius 3 is 1.89 bits per heavy atom. The number of aromatic nitrogens is 2. The van der Waals surface area contributed by atoms with Gasteiger partial charge in [-0.1, -0.05) is 109 Å². The zero-order valence-electron chi connectivity index (χ0n) is 25.3. The van der Waals surface area contributed by atoms with E-state index in [0.29, 0.717) is 0 Å². The van der Waals surface area contributed by atoms with Crippen molar-refractivity contribution in [2.75, 3.05) is 0 Å². The summed E-state index contributed by atoms with van der Waals surface area (Å²) in [7, 11) is 0. The molecule has 0 N–H and O–H groups in total. The third-order valence-electron chi connectivity index (χ3n) is 10.1. The van der Waals surface area contributed by atoms with Crippen LogP contribution in [0.15, 0.2) is 158 Å². The molecule has 218 valence electrons. The summed E-state index contributed by atoms with van der Waals surface area (Å²) in [5.74, 6) is 0. The Morgan fingerprint density at radius 1 is 0.362 bits per heavy atom. The van der Waals surface area contributed by atoms with Gasteiger partial charge in [-0.25, -0.2) is 0 Å². The lowest BCUT2D eigenvalue weighted by atomic mass is 10.00. The normalized spacial score (nSPS) is 12.3. The molecule has 11 rings (SSSR count). The monoisotopic (exact) mass is 614 g/mol. The van der Waals surface area contributed by atoms with Crippen molar-refractivity contribution in [2.24, 2.45) is 0 Å². The lowest BCUT2D eigenvalue weighted by molar-refractivity contribution is 1.18. The number of para-hydroxylation sites is 2. The van der Waals surface area contributed by atoms with Gasteiger partial charge in [0.15, 0.2) is 0 Å². The van der Waals surface area contributed by atoms with Crippen LogP contribution in [0.25, 0.3) is 96.7 Å². The topological polar surface area (TPSA) is 9.86 Å². The second-order valence-corrected chi connectivity index (χ2v) is 13.6. The summed E-state index contributed by atoms with van der Waals surface area (Å²) in [5, 5.41) is 12.8. The summed E-state index contributed by atoms with van der Waals surface area (Å²) in [6.07, 6.45) is 0. The highest BCUT2D eigenvalue weighted by molar-refractivity contribution is 7.26. The number of hydrogen-bond acceptors (Lipinski definition) is 1. The number of benzene rings is 8. The molecule has 3 heterocycles. The zero-order chi connectivity index (χ0) is 30.6. The van der Waals surface area contributed by atoms with Crippen LogP contribution in [0.1, 0.15) is 0 Å². The lowest BCUT2D eigenvalue weighted by Gasteiger charge is -2.15. The minimum Gasteiger partial charge on any atom is -0.309 e. The van der Waals surface area contributed by atoms with E-state index >= 15 is 0 Å². The highest BCUT2D eigenvalue weighted by Gasteiger charge is 2.22. The predicted octanol–water partition coefficient (Wildman–Crippen LogP) is 12.6. The van der Waals surface area contributed by atoms with E-state index in [1.54, 1.807) is 0 Å². The number of thiophene rings is 1. The maximum Gasteiger partial charge on any atom is 0.0634 e. The molecule has 0 saturated heterocycles. The van der Waals surface area contributed by atoms with Crippen LogP contribution in [0.5, 0.6) is 0 Å². The van der Waals surface area contributed by atoms with E-state index in [-0.39, 0.29) is 0 Å². The van der Waals surface area contributed by atoms with Gasteiger partial charge >= 0.3 is 0 Å². The highest BCUT2D eigenvalue weighted by atomic mass is 32.1. The molecule has 0 radical (unpaired) electrons. The molecule has 3 aromatic heterocycles. The molecular formula is C44H26N2S. The van der Waals surface area contributed by atoms with E-state index < -0.39 is 0 Å². The Kier molecular flexibility index (Phi) is 5.02. The molecule has 0 spiro atoms. The quantitative estimate of drug-likeness (QED) is 0.171. The third-order valence-corrected chi connectivity index (χ3v) is 11.2. The first-order valence-corrected chi connectivity index (χ1v) is 16.9. The van der Waals surface area contributed by atoms with E-state index in [0.717, 1.165) is 0 Å². The van der Waals surface area contributed by atoms with E-state index in [2.05, 4.69) is 167 Å². The molecule has 0 aliphatic rings. The number of rotatable bonds is 2. The van der Waals surface area contributed by atoms with Gasteiger partial charge in [0.1, 0.15) is 0 Å². The molecule has 0 saturated carbocycles. The Labute approximate surface area is 273 Å². The molecule has 0 aliphatic carbocycles. The summed E-state index contributed by atoms with van der Waals surface area (Å²) in [4.78, 5) is 0. The van der Waals surface area contributed by atoms with Crippen LogP contribution < -0.4 is 0 Å². The van der Waals surface area contributed by atoms with Crippen LogP contribution in [0.2, 0.25) is 0 Å². The molecule has 0 atom stereocenters. The maximum absolute atomic E-state index is 2.51. The summed E-state index contributed by atoms with van der Waals surface area (Å²) in [5.41, 5.74) is 7.31. The van der Waals surface area contributed by atoms with Crippen molar-refractivity contribution in [3.8, 4) is 11.4 Å². The second-order valence-electron chi connectivity index (χ2n) is 12.5. The zero-order valence-corrected chi connectivity index (χ0v) is 26.1. The molecule has 0 bridgehead atoms. The van der Waals surface area contributed by atoms with E-state index in [1.807, 2.05) is 11.3 Å². The standard InChI is InChI=1S/C44H26N2S/c1-2-13-28(14-3-1)45-39-26-40-35(25-36(39)33-22-23-42-43(44(33)45)34-19-9-11-21-41(34)47-42)32-18-8-10-20-37(32)46(40)38-24-27-12-4-5-15-29(27)30-16-6-7-17-31(30)38/h1-26H. The van der Waals surface area contributed by atoms with Crippen LogP contribution in [-0.4, -0.2) is 9.13 Å². The molecule has 47 heavy (non-hydrogen) atoms. The van der Waals surface area contributed by atoms with E-state index in [4.69, 9.17) is 0 Å². The van der Waals surface area contributed by atoms with E-state index in [9.17, 15) is 0 Å². The van der Waals surface area contributed by atoms with Gasteiger partial charge in [0, 0.05) is 52.8 Å². The highest BCUT2D eigenvalue weighted by Crippen LogP contribution is 2.45. The van der Waals surface area contributed by atoms with Gasteiger partial charge in [-0.3, -0.25) is 0 Å². The summed E-state index contributed by atoms with van der Waals surface area (Å²) in [6.45, 7) is 0. The Balaban J connectivity index is 1.37. The third kappa shape index (κ3) is 3.39. The first kappa shape index (κ1) is 25.3. The van der Waals surface area contributed by atoms with Crippen LogP contribution in [0.3, 0.4) is 0 Å². The Morgan fingerprint density at radius 2 is 1.02 bits per heavy atom. The fourth-order valence-electron chi connectivity index (χ4n) is 8.10. The summed E-state index contributed by atoms with van der Waals surface area (Å²) < 4.78 is 7.65. The average Bonchev–Trinajstić information content (AvgIpc) is 3.78. The van der Waals surface area contributed by atoms with Crippen LogP contribution in [-0.2, 0) is 0 Å². The number of fused-ring (bicyclic) bond motifs is 13. The van der Waals surface area contributed by atoms with Crippen molar-refractivity contribution in [3.05, 3.63) is 158 Å². The molecule has 0 unspecified atom stereocenters. The molecule has 0 amide bonds. The van der Waals surface area contributed by atoms with Crippen molar-refractivity contribution in [2.45, 2.75) is 0 Å². The van der Waals surface area contributed by atoms with Crippen molar-refractivity contribution in [3.63, 3.8) is 0 Å². The van der Waals surface area contributed by atoms with Crippen LogP contribution in [0.4, 0.5) is 0 Å². The fraction of sp³-hybridized carbons (Fsp3) is 0. The number of hydrogen-bond donors (Lipinski definition) is 0. The minimum atomic E-state index is 1.17. The second kappa shape index (κ2) is 9.32. The molecular weight excluding hydrogens is 589 g/mol. The van der Waals surface area contributed by atoms with Crippen LogP contribution >= 0.6 is 11.3 Å². The maximum atomic E-state index is 2.51. The molecule has 3 heteroatoms. The average molecular weight is 615 g/mol. The molecule has 0 aliphatic heterocycles. The first-order chi connectivity index (χ1) is 23.3. The van der Waals surface area contributed by atoms with Crippen molar-refractivity contribution in [1.82, 2.24) is 9.13 Å². The lowest BCUT2D eigenvalue weighted by Crippen LogP contribution is -1.97. The Bertz CT molecular complexity index is 3070. The molecule has 2 nitrogen and oxygen atoms in total. The predicted molar refractivity (Wildman–Crippen MR) is 203 cm³/mol. The van der Waals surface area contributed by atoms with Crippen molar-refractivity contribution < 1.29 is 0 Å². The van der Waals surface area contributed by atoms with Crippen molar-refractivity contribution in [1.29, 1.82) is 0 Å². The van der Waals surface area contributed by atoms with Gasteiger partial charge in [0.05, 0.1) is 27.8 Å². The SMILES string of the molecule is c1ccc(-n2c3cc4c(cc3c3ccc5sc6ccccc6c5c32)c2ccccc2n4-c2cc3ccccc3c3ccccc23)cc1. The van der Waals surface area contributed by atoms with Gasteiger partial charge in [-0.15, -0.1) is 11.3 Å². The smallest absolute Gasteiger partial charge is 0.0634 e. The van der Waals surface area contributed by atoms with Crippen LogP contribution in [0, 0.1) is 0 Å². The first-order valence-electron chi connectivity index (χ1n) is 16.1. The van der Waals surface area contributed by atoms with E-state index in [1.165, 1.54) is 96.7 Å². The summed E-state index contributed by atoms with van der Waals surface area (Å²) in [6, 6.07) is 58.2. The van der Waals surface area contributed by atoms with Gasteiger partial charge in [0.2, 0.25) is 0 Å². The molecule has 11 aromatic rings. The molecule has 8 aromatic carbocycles. The van der Waals surface area contributed by atoms with Gasteiger partial charge in [-0.05, 0) is 64.7 Å². The largest absolute Gasteiger partial charge is 0.309 e. The van der Waals surface area contributed by atoms with Gasteiger partial charge in [-0.2, -0.15) is 0 Å². The minimum absolute atomic E-state index is 1.17. The molecule has 0 fully saturated rings. The number of nitrogens with zero attached hydrogens (tertiary/aromatic N) is 2. The van der Waals surface area contributed by atoms with Crippen molar-refractivity contribution >= 4 is 96.7 Å². The summed E-state index contributed by atoms with van der Waals surface area (Å²) >= 11 is 1.88. The Hall–Kier alpha value is -5.90. The van der Waals surface area contributed by atoms with Gasteiger partial charge < -0.3 is 9.13 Å².